The molecule has 2 aliphatic heterocycles. The van der Waals surface area contributed by atoms with Crippen molar-refractivity contribution in [2.75, 3.05) is 13.2 Å². The Kier molecular flexibility index (Phi) is 8.60. The Labute approximate surface area is 264 Å². The number of pyridine rings is 1. The highest BCUT2D eigenvalue weighted by Crippen LogP contribution is 2.39. The van der Waals surface area contributed by atoms with Crippen LogP contribution in [0, 0.1) is 12.8 Å². The zero-order chi connectivity index (χ0) is 30.0. The zero-order valence-electron chi connectivity index (χ0n) is 25.4. The van der Waals surface area contributed by atoms with Crippen molar-refractivity contribution < 1.29 is 19.0 Å². The number of rotatable bonds is 9. The summed E-state index contributed by atoms with van der Waals surface area (Å²) in [6.07, 6.45) is 8.95. The van der Waals surface area contributed by atoms with Crippen molar-refractivity contribution in [1.29, 1.82) is 0 Å². The van der Waals surface area contributed by atoms with E-state index in [1.54, 1.807) is 0 Å². The fraction of sp³-hybridized carbons (Fsp3) is 0.421. The number of aryl methyl sites for hydroxylation is 1. The van der Waals surface area contributed by atoms with Crippen LogP contribution in [0.15, 0.2) is 66.7 Å². The van der Waals surface area contributed by atoms with Gasteiger partial charge in [-0.1, -0.05) is 54.1 Å². The number of fused-ring (bicyclic) bond motifs is 1. The van der Waals surface area contributed by atoms with Gasteiger partial charge in [0.1, 0.15) is 6.61 Å². The first kappa shape index (κ1) is 29.3. The first-order chi connectivity index (χ1) is 21.5. The SMILES string of the molecule is Cc1cc(Cl)ccc1COc1cccc(C2CCC(Cc3cc4cc(C5CCOC5=O)ccc4cc3C[C@@H]3CCO3)CC2)n1. The number of benzene rings is 3. The summed E-state index contributed by atoms with van der Waals surface area (Å²) in [5.41, 5.74) is 7.31. The summed E-state index contributed by atoms with van der Waals surface area (Å²) in [4.78, 5) is 17.2. The average Bonchev–Trinajstić information content (AvgIpc) is 3.44. The number of carbonyl (C=O) groups is 1. The quantitative estimate of drug-likeness (QED) is 0.178. The lowest BCUT2D eigenvalue weighted by Gasteiger charge is -2.30. The summed E-state index contributed by atoms with van der Waals surface area (Å²) >= 11 is 6.12. The molecule has 0 radical (unpaired) electrons. The summed E-state index contributed by atoms with van der Waals surface area (Å²) < 4.78 is 17.2. The topological polar surface area (TPSA) is 57.7 Å². The van der Waals surface area contributed by atoms with Crippen molar-refractivity contribution in [2.24, 2.45) is 5.92 Å². The average molecular weight is 610 g/mol. The van der Waals surface area contributed by atoms with Crippen LogP contribution in [-0.4, -0.2) is 30.3 Å². The molecule has 1 unspecified atom stereocenters. The molecular formula is C38H40ClNO4. The molecule has 4 aromatic rings. The van der Waals surface area contributed by atoms with Gasteiger partial charge in [-0.3, -0.25) is 4.79 Å². The standard InChI is InChI=1S/C38H40ClNO4/c1-24-17-33(39)12-11-29(24)23-44-37-4-2-3-36(40-37)26-7-5-25(6-8-26)18-30-21-31-20-28(35-14-16-43-38(35)41)10-9-27(31)19-32(30)22-34-13-15-42-34/h2-4,9-12,17,19-21,25-26,34-35H,5-8,13-16,18,22-23H2,1H3/t25?,26?,34-,35?/m0/s1. The van der Waals surface area contributed by atoms with E-state index in [0.717, 1.165) is 72.5 Å². The van der Waals surface area contributed by atoms with E-state index < -0.39 is 0 Å². The maximum absolute atomic E-state index is 12.3. The second-order valence-electron chi connectivity index (χ2n) is 12.9. The lowest BCUT2D eigenvalue weighted by molar-refractivity contribution is -0.139. The van der Waals surface area contributed by atoms with Crippen molar-refractivity contribution in [3.05, 3.63) is 105 Å². The predicted molar refractivity (Wildman–Crippen MR) is 173 cm³/mol. The third-order valence-corrected chi connectivity index (χ3v) is 10.2. The molecule has 2 saturated heterocycles. The van der Waals surface area contributed by atoms with Crippen molar-refractivity contribution in [2.45, 2.75) is 82.8 Å². The van der Waals surface area contributed by atoms with Crippen LogP contribution < -0.4 is 4.74 Å². The van der Waals surface area contributed by atoms with Gasteiger partial charge in [-0.15, -0.1) is 0 Å². The number of cyclic esters (lactones) is 1. The van der Waals surface area contributed by atoms with Crippen LogP contribution in [0.1, 0.15) is 83.9 Å². The number of esters is 1. The first-order valence-corrected chi connectivity index (χ1v) is 16.5. The molecule has 2 atom stereocenters. The van der Waals surface area contributed by atoms with E-state index in [9.17, 15) is 4.79 Å². The maximum atomic E-state index is 12.3. The number of aromatic nitrogens is 1. The normalized spacial score (nSPS) is 23.4. The van der Waals surface area contributed by atoms with Crippen molar-refractivity contribution in [3.63, 3.8) is 0 Å². The van der Waals surface area contributed by atoms with Crippen LogP contribution in [0.3, 0.4) is 0 Å². The van der Waals surface area contributed by atoms with Crippen molar-refractivity contribution >= 4 is 28.3 Å². The Morgan fingerprint density at radius 1 is 0.841 bits per heavy atom. The van der Waals surface area contributed by atoms with E-state index in [-0.39, 0.29) is 11.9 Å². The van der Waals surface area contributed by atoms with Gasteiger partial charge in [0.05, 0.1) is 18.6 Å². The van der Waals surface area contributed by atoms with E-state index in [1.165, 1.54) is 34.7 Å². The molecule has 228 valence electrons. The summed E-state index contributed by atoms with van der Waals surface area (Å²) in [5, 5.41) is 3.20. The molecule has 44 heavy (non-hydrogen) atoms. The minimum absolute atomic E-state index is 0.0941. The fourth-order valence-electron chi connectivity index (χ4n) is 7.18. The van der Waals surface area contributed by atoms with Crippen LogP contribution in [0.2, 0.25) is 5.02 Å². The lowest BCUT2D eigenvalue weighted by atomic mass is 9.77. The van der Waals surface area contributed by atoms with Gasteiger partial charge in [0.15, 0.2) is 0 Å². The molecule has 0 N–H and O–H groups in total. The second kappa shape index (κ2) is 12.9. The molecule has 0 spiro atoms. The lowest BCUT2D eigenvalue weighted by Crippen LogP contribution is -2.29. The number of nitrogens with zero attached hydrogens (tertiary/aromatic N) is 1. The van der Waals surface area contributed by atoms with Crippen molar-refractivity contribution in [1.82, 2.24) is 4.98 Å². The molecule has 1 aliphatic carbocycles. The molecule has 3 aromatic carbocycles. The fourth-order valence-corrected chi connectivity index (χ4v) is 7.41. The van der Waals surface area contributed by atoms with Gasteiger partial charge in [0, 0.05) is 29.3 Å². The molecule has 3 fully saturated rings. The van der Waals surface area contributed by atoms with Crippen molar-refractivity contribution in [3.8, 4) is 5.88 Å². The highest BCUT2D eigenvalue weighted by atomic mass is 35.5. The Bertz CT molecular complexity index is 1660. The van der Waals surface area contributed by atoms with E-state index in [2.05, 4.69) is 49.4 Å². The molecule has 3 heterocycles. The number of hydrogen-bond donors (Lipinski definition) is 0. The largest absolute Gasteiger partial charge is 0.473 e. The van der Waals surface area contributed by atoms with Crippen LogP contribution in [0.25, 0.3) is 10.8 Å². The molecular weight excluding hydrogens is 570 g/mol. The van der Waals surface area contributed by atoms with E-state index in [4.69, 9.17) is 30.8 Å². The Balaban J connectivity index is 1.03. The number of carbonyl (C=O) groups excluding carboxylic acids is 1. The molecule has 1 aromatic heterocycles. The highest BCUT2D eigenvalue weighted by molar-refractivity contribution is 6.30. The Hall–Kier alpha value is -3.41. The van der Waals surface area contributed by atoms with Crippen LogP contribution in [0.5, 0.6) is 5.88 Å². The predicted octanol–water partition coefficient (Wildman–Crippen LogP) is 8.65. The Morgan fingerprint density at radius 2 is 1.66 bits per heavy atom. The van der Waals surface area contributed by atoms with Crippen LogP contribution in [0.4, 0.5) is 0 Å². The summed E-state index contributed by atoms with van der Waals surface area (Å²) in [6.45, 7) is 3.93. The van der Waals surface area contributed by atoms with E-state index >= 15 is 0 Å². The molecule has 1 saturated carbocycles. The van der Waals surface area contributed by atoms with Crippen LogP contribution in [-0.2, 0) is 33.7 Å². The molecule has 7 rings (SSSR count). The van der Waals surface area contributed by atoms with Gasteiger partial charge in [0.2, 0.25) is 5.88 Å². The number of ether oxygens (including phenoxy) is 3. The van der Waals surface area contributed by atoms with Gasteiger partial charge < -0.3 is 14.2 Å². The Morgan fingerprint density at radius 3 is 2.41 bits per heavy atom. The minimum Gasteiger partial charge on any atom is -0.473 e. The highest BCUT2D eigenvalue weighted by Gasteiger charge is 2.29. The number of hydrogen-bond acceptors (Lipinski definition) is 5. The van der Waals surface area contributed by atoms with Gasteiger partial charge in [-0.05, 0) is 121 Å². The smallest absolute Gasteiger partial charge is 0.313 e. The van der Waals surface area contributed by atoms with E-state index in [0.29, 0.717) is 37.0 Å². The molecule has 3 aliphatic rings. The molecule has 0 amide bonds. The van der Waals surface area contributed by atoms with Gasteiger partial charge in [-0.25, -0.2) is 4.98 Å². The maximum Gasteiger partial charge on any atom is 0.313 e. The zero-order valence-corrected chi connectivity index (χ0v) is 26.2. The molecule has 5 nitrogen and oxygen atoms in total. The van der Waals surface area contributed by atoms with Crippen LogP contribution >= 0.6 is 11.6 Å². The van der Waals surface area contributed by atoms with Gasteiger partial charge in [-0.2, -0.15) is 0 Å². The summed E-state index contributed by atoms with van der Waals surface area (Å²) in [7, 11) is 0. The van der Waals surface area contributed by atoms with Gasteiger partial charge >= 0.3 is 5.97 Å². The van der Waals surface area contributed by atoms with E-state index in [1.807, 2.05) is 24.3 Å². The molecule has 0 bridgehead atoms. The molecule has 6 heteroatoms. The minimum atomic E-state index is -0.139. The van der Waals surface area contributed by atoms with Gasteiger partial charge in [0.25, 0.3) is 0 Å². The number of halogens is 1. The monoisotopic (exact) mass is 609 g/mol. The summed E-state index contributed by atoms with van der Waals surface area (Å²) in [6, 6.07) is 23.3. The first-order valence-electron chi connectivity index (χ1n) is 16.2. The summed E-state index contributed by atoms with van der Waals surface area (Å²) in [5.74, 6) is 1.55. The third-order valence-electron chi connectivity index (χ3n) is 9.96. The second-order valence-corrected chi connectivity index (χ2v) is 13.3. The third kappa shape index (κ3) is 6.50.